The molecule has 9 heteroatoms. The summed E-state index contributed by atoms with van der Waals surface area (Å²) in [6, 6.07) is 14.0. The summed E-state index contributed by atoms with van der Waals surface area (Å²) in [4.78, 5) is 16.5. The van der Waals surface area contributed by atoms with Gasteiger partial charge in [-0.25, -0.2) is 4.79 Å². The van der Waals surface area contributed by atoms with Gasteiger partial charge in [0.1, 0.15) is 21.8 Å². The van der Waals surface area contributed by atoms with Crippen LogP contribution in [0.2, 0.25) is 0 Å². The average Bonchev–Trinajstić information content (AvgIpc) is 3.65. The van der Waals surface area contributed by atoms with Crippen molar-refractivity contribution in [2.75, 3.05) is 34.2 Å². The summed E-state index contributed by atoms with van der Waals surface area (Å²) < 4.78 is 5.73. The van der Waals surface area contributed by atoms with Crippen LogP contribution in [0.15, 0.2) is 36.4 Å². The molecule has 8 nitrogen and oxygen atoms in total. The molecule has 2 amide bonds. The van der Waals surface area contributed by atoms with Crippen molar-refractivity contribution in [3.63, 3.8) is 0 Å². The van der Waals surface area contributed by atoms with E-state index < -0.39 is 0 Å². The first-order valence-corrected chi connectivity index (χ1v) is 13.9. The van der Waals surface area contributed by atoms with Crippen LogP contribution in [-0.2, 0) is 6.42 Å². The molecule has 2 aromatic carbocycles. The van der Waals surface area contributed by atoms with E-state index in [0.717, 1.165) is 59.9 Å². The van der Waals surface area contributed by atoms with Crippen molar-refractivity contribution in [1.82, 2.24) is 25.3 Å². The lowest BCUT2D eigenvalue weighted by atomic mass is 10.0. The number of fused-ring (bicyclic) bond motifs is 1. The molecule has 0 radical (unpaired) electrons. The number of aromatic nitrogens is 2. The van der Waals surface area contributed by atoms with E-state index in [-0.39, 0.29) is 18.2 Å². The van der Waals surface area contributed by atoms with Crippen molar-refractivity contribution in [3.05, 3.63) is 53.1 Å². The highest BCUT2D eigenvalue weighted by molar-refractivity contribution is 7.17. The van der Waals surface area contributed by atoms with Gasteiger partial charge in [0, 0.05) is 24.2 Å². The Labute approximate surface area is 229 Å². The third kappa shape index (κ3) is 6.50. The Balaban J connectivity index is 0.000000786. The number of carbonyl (C=O) groups is 1. The Kier molecular flexibility index (Phi) is 8.97. The van der Waals surface area contributed by atoms with Gasteiger partial charge in [-0.3, -0.25) is 0 Å². The van der Waals surface area contributed by atoms with E-state index in [1.54, 1.807) is 6.07 Å². The van der Waals surface area contributed by atoms with Gasteiger partial charge in [-0.1, -0.05) is 29.5 Å². The summed E-state index contributed by atoms with van der Waals surface area (Å²) in [7, 11) is 6.00. The molecular formula is C29H36N6O2S. The number of likely N-dealkylation sites (tertiary alicyclic amines) is 1. The van der Waals surface area contributed by atoms with E-state index >= 15 is 0 Å². The van der Waals surface area contributed by atoms with E-state index in [4.69, 9.17) is 4.74 Å². The number of amides is 2. The van der Waals surface area contributed by atoms with Crippen molar-refractivity contribution in [3.8, 4) is 33.0 Å². The fourth-order valence-electron chi connectivity index (χ4n) is 4.72. The number of nitrogens with one attached hydrogen (secondary N) is 1. The van der Waals surface area contributed by atoms with Crippen LogP contribution >= 0.6 is 11.3 Å². The standard InChI is InChI=1S/C26H27N5O2S.C3H9N/c1-16(2)33-23-11-8-17(14-18(23)15-27)24-29-30-25(34-24)21-7-5-6-20-19(21)9-10-22(20)28-26(32)31-12-3-4-13-31;1-4(2)3/h5-8,11,14,16,22H,3-4,9-10,12-13H2,1-2H3,(H,28,32);1-3H3. The van der Waals surface area contributed by atoms with Gasteiger partial charge in [0.15, 0.2) is 0 Å². The van der Waals surface area contributed by atoms with E-state index in [0.29, 0.717) is 11.3 Å². The molecule has 1 unspecified atom stereocenters. The predicted octanol–water partition coefficient (Wildman–Crippen LogP) is 5.50. The lowest BCUT2D eigenvalue weighted by molar-refractivity contribution is 0.204. The molecule has 5 rings (SSSR count). The molecule has 1 saturated heterocycles. The van der Waals surface area contributed by atoms with Gasteiger partial charge in [0.2, 0.25) is 0 Å². The zero-order chi connectivity index (χ0) is 27.2. The number of ether oxygens (including phenoxy) is 1. The molecule has 0 spiro atoms. The van der Waals surface area contributed by atoms with Gasteiger partial charge in [-0.15, -0.1) is 10.2 Å². The molecule has 2 aliphatic rings. The molecular weight excluding hydrogens is 496 g/mol. The maximum atomic E-state index is 12.6. The fourth-order valence-corrected chi connectivity index (χ4v) is 5.61. The molecule has 200 valence electrons. The number of benzene rings is 2. The normalized spacial score (nSPS) is 16.2. The second-order valence-corrected chi connectivity index (χ2v) is 11.3. The SMILES string of the molecule is CC(C)Oc1ccc(-c2nnc(-c3cccc4c3CCC4NC(=O)N3CCCC3)s2)cc1C#N.CN(C)C. The minimum atomic E-state index is -0.00443. The fraction of sp³-hybridized carbons (Fsp3) is 0.448. The molecule has 1 N–H and O–H groups in total. The van der Waals surface area contributed by atoms with Crippen molar-refractivity contribution >= 4 is 17.4 Å². The molecule has 1 aliphatic carbocycles. The number of nitrogens with zero attached hydrogens (tertiary/aromatic N) is 5. The van der Waals surface area contributed by atoms with Crippen LogP contribution in [0.25, 0.3) is 21.1 Å². The molecule has 1 fully saturated rings. The number of carbonyl (C=O) groups excluding carboxylic acids is 1. The van der Waals surface area contributed by atoms with Crippen LogP contribution in [0.3, 0.4) is 0 Å². The molecule has 0 bridgehead atoms. The second-order valence-electron chi connectivity index (χ2n) is 10.4. The number of hydrogen-bond acceptors (Lipinski definition) is 7. The first-order valence-electron chi connectivity index (χ1n) is 13.1. The summed E-state index contributed by atoms with van der Waals surface area (Å²) in [5.41, 5.74) is 4.80. The third-order valence-electron chi connectivity index (χ3n) is 6.33. The average molecular weight is 533 g/mol. The van der Waals surface area contributed by atoms with Crippen LogP contribution in [0.1, 0.15) is 55.8 Å². The maximum absolute atomic E-state index is 12.6. The number of rotatable bonds is 5. The molecule has 1 aromatic heterocycles. The Morgan fingerprint density at radius 1 is 1.16 bits per heavy atom. The number of hydrogen-bond donors (Lipinski definition) is 1. The lowest BCUT2D eigenvalue weighted by Gasteiger charge is -2.20. The highest BCUT2D eigenvalue weighted by Gasteiger charge is 2.29. The van der Waals surface area contributed by atoms with Crippen LogP contribution in [0.5, 0.6) is 5.75 Å². The Morgan fingerprint density at radius 3 is 2.55 bits per heavy atom. The van der Waals surface area contributed by atoms with Gasteiger partial charge in [-0.05, 0) is 90.0 Å². The summed E-state index contributed by atoms with van der Waals surface area (Å²) >= 11 is 1.51. The summed E-state index contributed by atoms with van der Waals surface area (Å²) in [6.45, 7) is 5.56. The minimum absolute atomic E-state index is 0.00443. The molecule has 1 atom stereocenters. The molecule has 2 heterocycles. The monoisotopic (exact) mass is 532 g/mol. The van der Waals surface area contributed by atoms with Crippen molar-refractivity contribution in [2.24, 2.45) is 0 Å². The van der Waals surface area contributed by atoms with Gasteiger partial charge >= 0.3 is 6.03 Å². The van der Waals surface area contributed by atoms with Gasteiger partial charge in [-0.2, -0.15) is 5.26 Å². The Hall–Kier alpha value is -3.48. The van der Waals surface area contributed by atoms with Gasteiger partial charge in [0.05, 0.1) is 17.7 Å². The quantitative estimate of drug-likeness (QED) is 0.466. The zero-order valence-corrected chi connectivity index (χ0v) is 23.6. The highest BCUT2D eigenvalue weighted by atomic mass is 32.1. The van der Waals surface area contributed by atoms with Crippen LogP contribution in [0.4, 0.5) is 4.79 Å². The largest absolute Gasteiger partial charge is 0.490 e. The van der Waals surface area contributed by atoms with Gasteiger partial charge < -0.3 is 19.9 Å². The molecule has 38 heavy (non-hydrogen) atoms. The van der Waals surface area contributed by atoms with E-state index in [1.807, 2.05) is 63.0 Å². The third-order valence-corrected chi connectivity index (χ3v) is 7.33. The lowest BCUT2D eigenvalue weighted by Crippen LogP contribution is -2.39. The van der Waals surface area contributed by atoms with Crippen molar-refractivity contribution < 1.29 is 9.53 Å². The maximum Gasteiger partial charge on any atom is 0.317 e. The van der Waals surface area contributed by atoms with E-state index in [9.17, 15) is 10.1 Å². The Morgan fingerprint density at radius 2 is 1.87 bits per heavy atom. The summed E-state index contributed by atoms with van der Waals surface area (Å²) in [5, 5.41) is 23.3. The number of nitriles is 1. The predicted molar refractivity (Wildman–Crippen MR) is 151 cm³/mol. The first kappa shape index (κ1) is 27.6. The topological polar surface area (TPSA) is 94.4 Å². The van der Waals surface area contributed by atoms with Gasteiger partial charge in [0.25, 0.3) is 0 Å². The number of urea groups is 1. The van der Waals surface area contributed by atoms with E-state index in [1.165, 1.54) is 22.5 Å². The van der Waals surface area contributed by atoms with Crippen LogP contribution in [-0.4, -0.2) is 66.4 Å². The Bertz CT molecular complexity index is 1300. The smallest absolute Gasteiger partial charge is 0.317 e. The van der Waals surface area contributed by atoms with Crippen LogP contribution in [0, 0.1) is 11.3 Å². The second kappa shape index (κ2) is 12.4. The molecule has 1 aliphatic heterocycles. The molecule has 0 saturated carbocycles. The summed E-state index contributed by atoms with van der Waals surface area (Å²) in [6.07, 6.45) is 3.95. The first-order chi connectivity index (χ1) is 18.3. The molecule has 3 aromatic rings. The van der Waals surface area contributed by atoms with Crippen molar-refractivity contribution in [2.45, 2.75) is 51.7 Å². The van der Waals surface area contributed by atoms with Crippen LogP contribution < -0.4 is 10.1 Å². The minimum Gasteiger partial charge on any atom is -0.490 e. The van der Waals surface area contributed by atoms with E-state index in [2.05, 4.69) is 33.7 Å². The zero-order valence-electron chi connectivity index (χ0n) is 22.8. The highest BCUT2D eigenvalue weighted by Crippen LogP contribution is 2.40. The summed E-state index contributed by atoms with van der Waals surface area (Å²) in [5.74, 6) is 0.578. The van der Waals surface area contributed by atoms with Crippen molar-refractivity contribution in [1.29, 1.82) is 5.26 Å².